The first-order valence-electron chi connectivity index (χ1n) is 7.30. The van der Waals surface area contributed by atoms with Gasteiger partial charge >= 0.3 is 0 Å². The lowest BCUT2D eigenvalue weighted by molar-refractivity contribution is -0.118. The third-order valence-corrected chi connectivity index (χ3v) is 4.17. The van der Waals surface area contributed by atoms with E-state index in [-0.39, 0.29) is 18.0 Å². The van der Waals surface area contributed by atoms with Crippen LogP contribution in [0.15, 0.2) is 18.2 Å². The molecule has 0 N–H and O–H groups in total. The van der Waals surface area contributed by atoms with Crippen LogP contribution in [-0.2, 0) is 9.47 Å². The molecule has 1 saturated heterocycles. The summed E-state index contributed by atoms with van der Waals surface area (Å²) in [5.41, 5.74) is 0.768. The number of hydrogen-bond acceptors (Lipinski definition) is 4. The van der Waals surface area contributed by atoms with Crippen LogP contribution in [0.25, 0.3) is 0 Å². The number of benzene rings is 1. The zero-order chi connectivity index (χ0) is 15.2. The third-order valence-electron chi connectivity index (χ3n) is 4.17. The van der Waals surface area contributed by atoms with Crippen molar-refractivity contribution in [2.24, 2.45) is 0 Å². The second-order valence-corrected chi connectivity index (χ2v) is 5.34. The smallest absolute Gasteiger partial charge is 0.169 e. The number of hydrogen-bond donors (Lipinski definition) is 0. The third kappa shape index (κ3) is 3.93. The fraction of sp³-hybridized carbons (Fsp3) is 0.625. The van der Waals surface area contributed by atoms with Gasteiger partial charge in [0.15, 0.2) is 17.9 Å². The summed E-state index contributed by atoms with van der Waals surface area (Å²) in [5.74, 6) is 0.360. The maximum absolute atomic E-state index is 14.3. The summed E-state index contributed by atoms with van der Waals surface area (Å²) in [6, 6.07) is 5.39. The first-order valence-corrected chi connectivity index (χ1v) is 7.30. The fourth-order valence-corrected chi connectivity index (χ4v) is 2.88. The first-order chi connectivity index (χ1) is 10.2. The van der Waals surface area contributed by atoms with Crippen LogP contribution >= 0.6 is 0 Å². The molecule has 0 atom stereocenters. The van der Waals surface area contributed by atoms with Crippen molar-refractivity contribution in [2.75, 3.05) is 41.0 Å². The molecule has 0 spiro atoms. The quantitative estimate of drug-likeness (QED) is 0.755. The topological polar surface area (TPSA) is 30.9 Å². The Hall–Kier alpha value is -1.17. The van der Waals surface area contributed by atoms with Gasteiger partial charge in [-0.15, -0.1) is 0 Å². The van der Waals surface area contributed by atoms with Gasteiger partial charge in [-0.05, 0) is 43.5 Å². The average Bonchev–Trinajstić information content (AvgIpc) is 2.53. The molecular formula is C16H24FNO3. The van der Waals surface area contributed by atoms with Crippen molar-refractivity contribution in [3.63, 3.8) is 0 Å². The van der Waals surface area contributed by atoms with Crippen molar-refractivity contribution in [2.45, 2.75) is 25.0 Å². The van der Waals surface area contributed by atoms with Gasteiger partial charge in [0, 0.05) is 20.8 Å². The second-order valence-electron chi connectivity index (χ2n) is 5.34. The van der Waals surface area contributed by atoms with Gasteiger partial charge < -0.3 is 14.2 Å². The predicted octanol–water partition coefficient (Wildman–Crippen LogP) is 2.63. The van der Waals surface area contributed by atoms with Gasteiger partial charge in [-0.1, -0.05) is 12.1 Å². The van der Waals surface area contributed by atoms with E-state index < -0.39 is 0 Å². The molecule has 1 aromatic rings. The largest absolute Gasteiger partial charge is 0.494 e. The van der Waals surface area contributed by atoms with Crippen LogP contribution in [0, 0.1) is 5.82 Å². The van der Waals surface area contributed by atoms with E-state index in [1.807, 2.05) is 12.1 Å². The van der Waals surface area contributed by atoms with Crippen molar-refractivity contribution in [1.82, 2.24) is 4.90 Å². The highest BCUT2D eigenvalue weighted by Gasteiger charge is 2.25. The standard InChI is InChI=1S/C16H24FNO3/c1-19-14-6-4-5-13(16(14)17)12-7-9-18(10-8-12)11-15(20-2)21-3/h4-6,12,15H,7-11H2,1-3H3. The number of piperidine rings is 1. The Morgan fingerprint density at radius 1 is 1.19 bits per heavy atom. The highest BCUT2D eigenvalue weighted by molar-refractivity contribution is 5.33. The van der Waals surface area contributed by atoms with E-state index in [1.165, 1.54) is 7.11 Å². The number of methoxy groups -OCH3 is 3. The predicted molar refractivity (Wildman–Crippen MR) is 79.2 cm³/mol. The van der Waals surface area contributed by atoms with Crippen LogP contribution in [0.1, 0.15) is 24.3 Å². The molecule has 1 aromatic carbocycles. The molecule has 1 fully saturated rings. The summed E-state index contributed by atoms with van der Waals surface area (Å²) in [6.07, 6.45) is 1.67. The minimum absolute atomic E-state index is 0.199. The minimum Gasteiger partial charge on any atom is -0.494 e. The maximum Gasteiger partial charge on any atom is 0.169 e. The van der Waals surface area contributed by atoms with Crippen LogP contribution in [0.4, 0.5) is 4.39 Å². The number of halogens is 1. The number of nitrogens with zero attached hydrogens (tertiary/aromatic N) is 1. The number of ether oxygens (including phenoxy) is 3. The molecule has 1 heterocycles. The molecule has 4 nitrogen and oxygen atoms in total. The van der Waals surface area contributed by atoms with E-state index in [1.54, 1.807) is 20.3 Å². The van der Waals surface area contributed by atoms with E-state index in [0.29, 0.717) is 5.75 Å². The van der Waals surface area contributed by atoms with Gasteiger partial charge in [0.2, 0.25) is 0 Å². The molecular weight excluding hydrogens is 273 g/mol. The zero-order valence-electron chi connectivity index (χ0n) is 13.0. The lowest BCUT2D eigenvalue weighted by Gasteiger charge is -2.33. The molecule has 0 saturated carbocycles. The minimum atomic E-state index is -0.217. The van der Waals surface area contributed by atoms with Crippen LogP contribution in [0.5, 0.6) is 5.75 Å². The van der Waals surface area contributed by atoms with E-state index in [4.69, 9.17) is 14.2 Å². The summed E-state index contributed by atoms with van der Waals surface area (Å²) in [7, 11) is 4.79. The van der Waals surface area contributed by atoms with Gasteiger partial charge in [0.05, 0.1) is 7.11 Å². The summed E-state index contributed by atoms with van der Waals surface area (Å²) in [4.78, 5) is 2.30. The Morgan fingerprint density at radius 2 is 1.86 bits per heavy atom. The summed E-state index contributed by atoms with van der Waals surface area (Å²) in [5, 5.41) is 0. The summed E-state index contributed by atoms with van der Waals surface area (Å²) < 4.78 is 29.8. The maximum atomic E-state index is 14.3. The molecule has 118 valence electrons. The molecule has 5 heteroatoms. The molecule has 21 heavy (non-hydrogen) atoms. The molecule has 1 aliphatic heterocycles. The SMILES string of the molecule is COc1cccc(C2CCN(CC(OC)OC)CC2)c1F. The van der Waals surface area contributed by atoms with E-state index in [0.717, 1.165) is 38.0 Å². The van der Waals surface area contributed by atoms with Crippen molar-refractivity contribution in [3.8, 4) is 5.75 Å². The van der Waals surface area contributed by atoms with Gasteiger partial charge in [-0.3, -0.25) is 4.90 Å². The zero-order valence-corrected chi connectivity index (χ0v) is 13.0. The number of likely N-dealkylation sites (tertiary alicyclic amines) is 1. The number of rotatable bonds is 6. The van der Waals surface area contributed by atoms with Crippen molar-refractivity contribution < 1.29 is 18.6 Å². The lowest BCUT2D eigenvalue weighted by Crippen LogP contribution is -2.39. The lowest BCUT2D eigenvalue weighted by atomic mass is 9.89. The normalized spacial score (nSPS) is 17.4. The van der Waals surface area contributed by atoms with E-state index in [2.05, 4.69) is 4.90 Å². The Bertz CT molecular complexity index is 443. The van der Waals surface area contributed by atoms with Crippen LogP contribution < -0.4 is 4.74 Å². The van der Waals surface area contributed by atoms with Gasteiger partial charge in [-0.25, -0.2) is 4.39 Å². The summed E-state index contributed by atoms with van der Waals surface area (Å²) >= 11 is 0. The van der Waals surface area contributed by atoms with Crippen LogP contribution in [-0.4, -0.2) is 52.2 Å². The Labute approximate surface area is 125 Å². The Balaban J connectivity index is 1.95. The van der Waals surface area contributed by atoms with Crippen molar-refractivity contribution >= 4 is 0 Å². The molecule has 0 bridgehead atoms. The molecule has 0 aromatic heterocycles. The van der Waals surface area contributed by atoms with Crippen molar-refractivity contribution in [1.29, 1.82) is 0 Å². The average molecular weight is 297 g/mol. The molecule has 2 rings (SSSR count). The Kier molecular flexibility index (Phi) is 5.96. The van der Waals surface area contributed by atoms with E-state index in [9.17, 15) is 4.39 Å². The second kappa shape index (κ2) is 7.73. The van der Waals surface area contributed by atoms with Crippen molar-refractivity contribution in [3.05, 3.63) is 29.6 Å². The first kappa shape index (κ1) is 16.2. The Morgan fingerprint density at radius 3 is 2.43 bits per heavy atom. The van der Waals surface area contributed by atoms with E-state index >= 15 is 0 Å². The molecule has 0 aliphatic carbocycles. The van der Waals surface area contributed by atoms with Gasteiger partial charge in [-0.2, -0.15) is 0 Å². The molecule has 1 aliphatic rings. The highest BCUT2D eigenvalue weighted by Crippen LogP contribution is 2.33. The molecule has 0 unspecified atom stereocenters. The fourth-order valence-electron chi connectivity index (χ4n) is 2.88. The van der Waals surface area contributed by atoms with Crippen LogP contribution in [0.3, 0.4) is 0 Å². The highest BCUT2D eigenvalue weighted by atomic mass is 19.1. The molecule has 0 radical (unpaired) electrons. The summed E-state index contributed by atoms with van der Waals surface area (Å²) in [6.45, 7) is 2.59. The molecule has 0 amide bonds. The monoisotopic (exact) mass is 297 g/mol. The van der Waals surface area contributed by atoms with Gasteiger partial charge in [0.1, 0.15) is 0 Å². The van der Waals surface area contributed by atoms with Gasteiger partial charge in [0.25, 0.3) is 0 Å². The van der Waals surface area contributed by atoms with Crippen LogP contribution in [0.2, 0.25) is 0 Å².